The van der Waals surface area contributed by atoms with Crippen molar-refractivity contribution in [2.45, 2.75) is 42.6 Å². The van der Waals surface area contributed by atoms with E-state index in [0.29, 0.717) is 10.8 Å². The Balaban J connectivity index is 1.60. The van der Waals surface area contributed by atoms with Crippen LogP contribution in [0.25, 0.3) is 0 Å². The zero-order chi connectivity index (χ0) is 18.0. The minimum atomic E-state index is -3.18. The summed E-state index contributed by atoms with van der Waals surface area (Å²) in [6.07, 6.45) is 4.38. The predicted molar refractivity (Wildman–Crippen MR) is 88.5 cm³/mol. The number of aromatic nitrogens is 3. The van der Waals surface area contributed by atoms with Crippen LogP contribution in [0.1, 0.15) is 47.7 Å². The first-order valence-corrected chi connectivity index (χ1v) is 9.84. The Hall–Kier alpha value is -2.42. The molecule has 1 fully saturated rings. The van der Waals surface area contributed by atoms with Crippen molar-refractivity contribution in [3.8, 4) is 5.88 Å². The van der Waals surface area contributed by atoms with E-state index in [9.17, 15) is 13.2 Å². The molecule has 0 radical (unpaired) electrons. The lowest BCUT2D eigenvalue weighted by Crippen LogP contribution is -2.24. The molecular formula is C16H19N3O5S. The number of nitrogens with zero attached hydrogens (tertiary/aromatic N) is 2. The Morgan fingerprint density at radius 2 is 1.84 bits per heavy atom. The topological polar surface area (TPSA) is 122 Å². The Morgan fingerprint density at radius 3 is 2.40 bits per heavy atom. The Bertz CT molecular complexity index is 852. The summed E-state index contributed by atoms with van der Waals surface area (Å²) in [6, 6.07) is 7.01. The average molecular weight is 365 g/mol. The molecule has 134 valence electrons. The summed E-state index contributed by atoms with van der Waals surface area (Å²) in [7, 11) is -3.18. The highest BCUT2D eigenvalue weighted by molar-refractivity contribution is 7.90. The first-order chi connectivity index (χ1) is 11.8. The first kappa shape index (κ1) is 17.4. The number of nitrogens with one attached hydrogen (secondary N) is 1. The molecule has 9 heteroatoms. The third kappa shape index (κ3) is 3.98. The fourth-order valence-corrected chi connectivity index (χ4v) is 3.73. The van der Waals surface area contributed by atoms with Crippen LogP contribution in [-0.2, 0) is 9.84 Å². The maximum absolute atomic E-state index is 11.5. The number of carbonyl (C=O) groups is 1. The number of aromatic carboxylic acids is 1. The van der Waals surface area contributed by atoms with E-state index in [1.165, 1.54) is 6.26 Å². The molecule has 25 heavy (non-hydrogen) atoms. The van der Waals surface area contributed by atoms with Gasteiger partial charge in [-0.25, -0.2) is 18.3 Å². The second-order valence-electron chi connectivity index (χ2n) is 6.23. The first-order valence-electron chi connectivity index (χ1n) is 7.95. The van der Waals surface area contributed by atoms with Gasteiger partial charge in [-0.05, 0) is 49.3 Å². The summed E-state index contributed by atoms with van der Waals surface area (Å²) in [6.45, 7) is 0. The molecule has 3 rings (SSSR count). The number of hydrogen-bond acceptors (Lipinski definition) is 6. The third-order valence-corrected chi connectivity index (χ3v) is 5.59. The fourth-order valence-electron chi connectivity index (χ4n) is 3.10. The third-order valence-electron chi connectivity index (χ3n) is 4.46. The quantitative estimate of drug-likeness (QED) is 0.831. The Morgan fingerprint density at radius 1 is 1.20 bits per heavy atom. The molecule has 1 aromatic carbocycles. The molecule has 1 saturated carbocycles. The van der Waals surface area contributed by atoms with Gasteiger partial charge < -0.3 is 9.84 Å². The van der Waals surface area contributed by atoms with Crippen molar-refractivity contribution in [3.63, 3.8) is 0 Å². The smallest absolute Gasteiger partial charge is 0.359 e. The van der Waals surface area contributed by atoms with Crippen LogP contribution in [0.15, 0.2) is 29.2 Å². The van der Waals surface area contributed by atoms with Crippen LogP contribution in [-0.4, -0.2) is 47.3 Å². The van der Waals surface area contributed by atoms with Gasteiger partial charge in [-0.3, -0.25) is 0 Å². The van der Waals surface area contributed by atoms with Gasteiger partial charge in [0, 0.05) is 6.26 Å². The average Bonchev–Trinajstić information content (AvgIpc) is 3.03. The van der Waals surface area contributed by atoms with Crippen LogP contribution in [0, 0.1) is 0 Å². The van der Waals surface area contributed by atoms with Gasteiger partial charge >= 0.3 is 5.97 Å². The Labute approximate surface area is 145 Å². The summed E-state index contributed by atoms with van der Waals surface area (Å²) in [4.78, 5) is 11.3. The zero-order valence-corrected chi connectivity index (χ0v) is 14.5. The zero-order valence-electron chi connectivity index (χ0n) is 13.7. The largest absolute Gasteiger partial charge is 0.476 e. The van der Waals surface area contributed by atoms with E-state index in [4.69, 9.17) is 9.84 Å². The van der Waals surface area contributed by atoms with Gasteiger partial charge in [0.2, 0.25) is 5.69 Å². The second kappa shape index (κ2) is 6.83. The van der Waals surface area contributed by atoms with Crippen molar-refractivity contribution in [2.24, 2.45) is 0 Å². The normalized spacial score (nSPS) is 21.0. The van der Waals surface area contributed by atoms with E-state index >= 15 is 0 Å². The highest BCUT2D eigenvalue weighted by Gasteiger charge is 2.26. The van der Waals surface area contributed by atoms with E-state index in [1.807, 2.05) is 12.1 Å². The summed E-state index contributed by atoms with van der Waals surface area (Å²) < 4.78 is 28.7. The number of sulfone groups is 1. The molecule has 0 saturated heterocycles. The molecule has 0 spiro atoms. The number of aromatic amines is 1. The molecule has 1 heterocycles. The van der Waals surface area contributed by atoms with E-state index in [2.05, 4.69) is 15.4 Å². The highest BCUT2D eigenvalue weighted by Crippen LogP contribution is 2.34. The molecule has 2 aromatic rings. The van der Waals surface area contributed by atoms with Crippen molar-refractivity contribution in [3.05, 3.63) is 35.5 Å². The van der Waals surface area contributed by atoms with Gasteiger partial charge in [0.25, 0.3) is 5.88 Å². The van der Waals surface area contributed by atoms with Gasteiger partial charge in [-0.15, -0.1) is 0 Å². The van der Waals surface area contributed by atoms with Crippen LogP contribution in [0.3, 0.4) is 0 Å². The second-order valence-corrected chi connectivity index (χ2v) is 8.25. The van der Waals surface area contributed by atoms with E-state index in [0.717, 1.165) is 31.2 Å². The van der Waals surface area contributed by atoms with Crippen molar-refractivity contribution >= 4 is 15.8 Å². The number of H-pyrrole nitrogens is 1. The fraction of sp³-hybridized carbons (Fsp3) is 0.438. The molecule has 0 bridgehead atoms. The number of benzene rings is 1. The summed E-state index contributed by atoms with van der Waals surface area (Å²) in [5.74, 6) is -0.794. The molecule has 8 nitrogen and oxygen atoms in total. The lowest BCUT2D eigenvalue weighted by Gasteiger charge is -2.28. The maximum atomic E-state index is 11.5. The van der Waals surface area contributed by atoms with Crippen LogP contribution in [0.2, 0.25) is 0 Å². The minimum absolute atomic E-state index is 0.0217. The summed E-state index contributed by atoms with van der Waals surface area (Å²) >= 11 is 0. The van der Waals surface area contributed by atoms with Gasteiger partial charge in [-0.2, -0.15) is 0 Å². The molecule has 1 aromatic heterocycles. The van der Waals surface area contributed by atoms with Crippen molar-refractivity contribution in [1.29, 1.82) is 0 Å². The number of ether oxygens (including phenoxy) is 1. The molecule has 1 aliphatic rings. The van der Waals surface area contributed by atoms with Crippen LogP contribution in [0.5, 0.6) is 5.88 Å². The number of carboxylic acid groups (broad SMARTS) is 1. The summed E-state index contributed by atoms with van der Waals surface area (Å²) in [5.41, 5.74) is 0.969. The maximum Gasteiger partial charge on any atom is 0.359 e. The van der Waals surface area contributed by atoms with Crippen LogP contribution < -0.4 is 4.74 Å². The van der Waals surface area contributed by atoms with E-state index in [1.54, 1.807) is 12.1 Å². The van der Waals surface area contributed by atoms with Gasteiger partial charge in [-0.1, -0.05) is 22.4 Å². The van der Waals surface area contributed by atoms with Crippen LogP contribution in [0.4, 0.5) is 0 Å². The minimum Gasteiger partial charge on any atom is -0.476 e. The lowest BCUT2D eigenvalue weighted by atomic mass is 9.83. The van der Waals surface area contributed by atoms with E-state index in [-0.39, 0.29) is 17.7 Å². The molecule has 0 amide bonds. The van der Waals surface area contributed by atoms with Crippen molar-refractivity contribution in [2.75, 3.05) is 6.26 Å². The lowest BCUT2D eigenvalue weighted by molar-refractivity contribution is 0.0677. The molecule has 1 aliphatic carbocycles. The van der Waals surface area contributed by atoms with Gasteiger partial charge in [0.1, 0.15) is 6.10 Å². The predicted octanol–water partition coefficient (Wildman–Crippen LogP) is 2.01. The highest BCUT2D eigenvalue weighted by atomic mass is 32.2. The number of hydrogen-bond donors (Lipinski definition) is 2. The molecule has 0 unspecified atom stereocenters. The molecule has 0 atom stereocenters. The molecule has 0 aliphatic heterocycles. The Kier molecular flexibility index (Phi) is 4.76. The monoisotopic (exact) mass is 365 g/mol. The summed E-state index contributed by atoms with van der Waals surface area (Å²) in [5, 5.41) is 18.5. The SMILES string of the molecule is CS(=O)(=O)c1ccc([C@H]2CC[C@H](Oc3nn[nH]c3C(=O)O)CC2)cc1. The number of rotatable bonds is 5. The standard InChI is InChI=1S/C16H19N3O5S/c1-25(22,23)13-8-4-11(5-9-13)10-2-6-12(7-3-10)24-15-14(16(20)21)17-19-18-15/h4-5,8-10,12H,2-3,6-7H2,1H3,(H,20,21)(H,17,18,19)/t10-,12-. The van der Waals surface area contributed by atoms with Gasteiger partial charge in [0.15, 0.2) is 9.84 Å². The van der Waals surface area contributed by atoms with Gasteiger partial charge in [0.05, 0.1) is 4.90 Å². The molecule has 2 N–H and O–H groups in total. The van der Waals surface area contributed by atoms with Crippen molar-refractivity contribution < 1.29 is 23.1 Å². The van der Waals surface area contributed by atoms with E-state index < -0.39 is 15.8 Å². The molecular weight excluding hydrogens is 346 g/mol. The van der Waals surface area contributed by atoms with Crippen LogP contribution >= 0.6 is 0 Å². The van der Waals surface area contributed by atoms with Crippen molar-refractivity contribution in [1.82, 2.24) is 15.4 Å². The number of carboxylic acids is 1.